The molecule has 90 valence electrons. The van der Waals surface area contributed by atoms with Gasteiger partial charge in [0.1, 0.15) is 5.60 Å². The van der Waals surface area contributed by atoms with E-state index in [4.69, 9.17) is 0 Å². The number of rotatable bonds is 0. The lowest BCUT2D eigenvalue weighted by Gasteiger charge is -2.31. The van der Waals surface area contributed by atoms with Gasteiger partial charge < -0.3 is 5.11 Å². The molecule has 5 atom stereocenters. The maximum Gasteiger partial charge on any atom is 0.164 e. The second-order valence-electron chi connectivity index (χ2n) is 6.88. The van der Waals surface area contributed by atoms with Crippen LogP contribution in [0.25, 0.3) is 0 Å². The van der Waals surface area contributed by atoms with Gasteiger partial charge in [-0.25, -0.2) is 0 Å². The Bertz CT molecular complexity index is 347. The van der Waals surface area contributed by atoms with Crippen LogP contribution >= 0.6 is 0 Å². The van der Waals surface area contributed by atoms with E-state index in [-0.39, 0.29) is 11.7 Å². The third-order valence-corrected chi connectivity index (χ3v) is 5.84. The van der Waals surface area contributed by atoms with Crippen LogP contribution in [-0.2, 0) is 4.79 Å². The van der Waals surface area contributed by atoms with E-state index in [2.05, 4.69) is 20.8 Å². The molecule has 1 N–H and O–H groups in total. The van der Waals surface area contributed by atoms with E-state index in [0.29, 0.717) is 36.0 Å². The van der Waals surface area contributed by atoms with Gasteiger partial charge in [-0.2, -0.15) is 0 Å². The van der Waals surface area contributed by atoms with E-state index in [1.165, 1.54) is 0 Å². The smallest absolute Gasteiger partial charge is 0.164 e. The van der Waals surface area contributed by atoms with Crippen LogP contribution in [0, 0.1) is 29.1 Å². The van der Waals surface area contributed by atoms with Crippen molar-refractivity contribution in [1.82, 2.24) is 0 Å². The molecular weight excluding hydrogens is 200 g/mol. The largest absolute Gasteiger partial charge is 0.382 e. The molecule has 0 aromatic heterocycles. The summed E-state index contributed by atoms with van der Waals surface area (Å²) in [4.78, 5) is 12.1. The zero-order valence-corrected chi connectivity index (χ0v) is 10.5. The van der Waals surface area contributed by atoms with Gasteiger partial charge in [-0.1, -0.05) is 20.8 Å². The lowest BCUT2D eigenvalue weighted by atomic mass is 9.77. The SMILES string of the molecule is C[C@@H]1CC[C@]2(O)C(=O)CC[C@@H]3[C@H]([C@H]12)C3(C)C. The fourth-order valence-electron chi connectivity index (χ4n) is 4.80. The van der Waals surface area contributed by atoms with E-state index in [1.807, 2.05) is 0 Å². The van der Waals surface area contributed by atoms with Gasteiger partial charge in [0.2, 0.25) is 0 Å². The number of Topliss-reactive ketones (excluding diaryl/α,β-unsaturated/α-hetero) is 1. The van der Waals surface area contributed by atoms with Crippen LogP contribution in [0.4, 0.5) is 0 Å². The summed E-state index contributed by atoms with van der Waals surface area (Å²) in [6.45, 7) is 6.83. The summed E-state index contributed by atoms with van der Waals surface area (Å²) in [6, 6.07) is 0. The second kappa shape index (κ2) is 2.90. The van der Waals surface area contributed by atoms with E-state index < -0.39 is 5.60 Å². The molecule has 0 heterocycles. The molecule has 0 spiro atoms. The Morgan fingerprint density at radius 3 is 2.62 bits per heavy atom. The molecule has 0 amide bonds. The summed E-state index contributed by atoms with van der Waals surface area (Å²) in [5, 5.41) is 10.7. The van der Waals surface area contributed by atoms with Gasteiger partial charge in [-0.3, -0.25) is 4.79 Å². The van der Waals surface area contributed by atoms with E-state index >= 15 is 0 Å². The fourth-order valence-corrected chi connectivity index (χ4v) is 4.80. The van der Waals surface area contributed by atoms with Gasteiger partial charge in [0, 0.05) is 12.3 Å². The first-order valence-electron chi connectivity index (χ1n) is 6.64. The number of hydrogen-bond donors (Lipinski definition) is 1. The Hall–Kier alpha value is -0.370. The third-order valence-electron chi connectivity index (χ3n) is 5.84. The van der Waals surface area contributed by atoms with E-state index in [1.54, 1.807) is 0 Å². The zero-order valence-electron chi connectivity index (χ0n) is 10.5. The molecule has 0 saturated heterocycles. The maximum absolute atomic E-state index is 12.1. The minimum atomic E-state index is -0.966. The molecule has 3 saturated carbocycles. The van der Waals surface area contributed by atoms with Crippen LogP contribution < -0.4 is 0 Å². The highest BCUT2D eigenvalue weighted by Gasteiger charge is 2.69. The molecule has 0 aromatic rings. The standard InChI is InChI=1S/C14H22O2/c1-8-6-7-14(16)10(15)5-4-9-12(11(8)14)13(9,2)3/h8-9,11-12,16H,4-7H2,1-3H3/t8-,9-,11+,12-,14+/m1/s1. The summed E-state index contributed by atoms with van der Waals surface area (Å²) >= 11 is 0. The Kier molecular flexibility index (Phi) is 1.95. The van der Waals surface area contributed by atoms with Gasteiger partial charge in [-0.05, 0) is 42.4 Å². The summed E-state index contributed by atoms with van der Waals surface area (Å²) in [6.07, 6.45) is 3.33. The Morgan fingerprint density at radius 1 is 1.25 bits per heavy atom. The van der Waals surface area contributed by atoms with Gasteiger partial charge in [0.05, 0.1) is 0 Å². The first kappa shape index (κ1) is 10.8. The van der Waals surface area contributed by atoms with Gasteiger partial charge in [-0.15, -0.1) is 0 Å². The molecule has 2 nitrogen and oxygen atoms in total. The van der Waals surface area contributed by atoms with Crippen molar-refractivity contribution in [3.8, 4) is 0 Å². The molecule has 0 aromatic carbocycles. The second-order valence-corrected chi connectivity index (χ2v) is 6.88. The summed E-state index contributed by atoms with van der Waals surface area (Å²) in [5.41, 5.74) is -0.607. The van der Waals surface area contributed by atoms with Gasteiger partial charge in [0.15, 0.2) is 5.78 Å². The average molecular weight is 222 g/mol. The molecular formula is C14H22O2. The number of hydrogen-bond acceptors (Lipinski definition) is 2. The first-order valence-corrected chi connectivity index (χ1v) is 6.64. The maximum atomic E-state index is 12.1. The first-order chi connectivity index (χ1) is 7.39. The zero-order chi connectivity index (χ0) is 11.7. The molecule has 0 unspecified atom stereocenters. The number of fused-ring (bicyclic) bond motifs is 3. The minimum Gasteiger partial charge on any atom is -0.382 e. The fraction of sp³-hybridized carbons (Fsp3) is 0.929. The van der Waals surface area contributed by atoms with Gasteiger partial charge in [0.25, 0.3) is 0 Å². The molecule has 3 aliphatic carbocycles. The van der Waals surface area contributed by atoms with Crippen molar-refractivity contribution in [2.75, 3.05) is 0 Å². The molecule has 0 aliphatic heterocycles. The van der Waals surface area contributed by atoms with E-state index in [0.717, 1.165) is 12.8 Å². The van der Waals surface area contributed by atoms with E-state index in [9.17, 15) is 9.90 Å². The minimum absolute atomic E-state index is 0.129. The lowest BCUT2D eigenvalue weighted by molar-refractivity contribution is -0.142. The highest BCUT2D eigenvalue weighted by atomic mass is 16.3. The molecule has 3 rings (SSSR count). The molecule has 2 heteroatoms. The summed E-state index contributed by atoms with van der Waals surface area (Å²) < 4.78 is 0. The van der Waals surface area contributed by atoms with Crippen LogP contribution in [-0.4, -0.2) is 16.5 Å². The van der Waals surface area contributed by atoms with Crippen LogP contribution in [0.2, 0.25) is 0 Å². The monoisotopic (exact) mass is 222 g/mol. The predicted octanol–water partition coefficient (Wildman–Crippen LogP) is 2.40. The average Bonchev–Trinajstić information content (AvgIpc) is 2.64. The quantitative estimate of drug-likeness (QED) is 0.683. The molecule has 0 bridgehead atoms. The molecule has 16 heavy (non-hydrogen) atoms. The van der Waals surface area contributed by atoms with Crippen LogP contribution in [0.3, 0.4) is 0 Å². The predicted molar refractivity (Wildman–Crippen MR) is 61.8 cm³/mol. The van der Waals surface area contributed by atoms with Crippen molar-refractivity contribution in [1.29, 1.82) is 0 Å². The van der Waals surface area contributed by atoms with Crippen molar-refractivity contribution in [2.45, 2.75) is 52.1 Å². The van der Waals surface area contributed by atoms with Crippen LogP contribution in [0.5, 0.6) is 0 Å². The van der Waals surface area contributed by atoms with Crippen molar-refractivity contribution in [3.05, 3.63) is 0 Å². The topological polar surface area (TPSA) is 37.3 Å². The number of carbonyl (C=O) groups excluding carboxylic acids is 1. The third kappa shape index (κ3) is 1.09. The van der Waals surface area contributed by atoms with Gasteiger partial charge >= 0.3 is 0 Å². The van der Waals surface area contributed by atoms with Crippen molar-refractivity contribution >= 4 is 5.78 Å². The van der Waals surface area contributed by atoms with Crippen molar-refractivity contribution in [2.24, 2.45) is 29.1 Å². The highest BCUT2D eigenvalue weighted by Crippen LogP contribution is 2.70. The summed E-state index contributed by atoms with van der Waals surface area (Å²) in [5.74, 6) is 2.14. The van der Waals surface area contributed by atoms with Crippen molar-refractivity contribution < 1.29 is 9.90 Å². The molecule has 3 fully saturated rings. The molecule has 3 aliphatic rings. The number of aliphatic hydroxyl groups is 1. The number of ketones is 1. The van der Waals surface area contributed by atoms with Crippen LogP contribution in [0.15, 0.2) is 0 Å². The lowest BCUT2D eigenvalue weighted by Crippen LogP contribution is -2.44. The normalized spacial score (nSPS) is 54.1. The molecule has 0 radical (unpaired) electrons. The van der Waals surface area contributed by atoms with Crippen LogP contribution in [0.1, 0.15) is 46.5 Å². The highest BCUT2D eigenvalue weighted by molar-refractivity contribution is 5.88. The Labute approximate surface area is 97.4 Å². The van der Waals surface area contributed by atoms with Crippen molar-refractivity contribution in [3.63, 3.8) is 0 Å². The Balaban J connectivity index is 2.01. The Morgan fingerprint density at radius 2 is 1.94 bits per heavy atom. The number of carbonyl (C=O) groups is 1. The summed E-state index contributed by atoms with van der Waals surface area (Å²) in [7, 11) is 0.